The van der Waals surface area contributed by atoms with Crippen LogP contribution in [0.4, 0.5) is 4.79 Å². The zero-order chi connectivity index (χ0) is 15.1. The first kappa shape index (κ1) is 14.6. The van der Waals surface area contributed by atoms with Crippen LogP contribution in [0.15, 0.2) is 28.9 Å². The summed E-state index contributed by atoms with van der Waals surface area (Å²) in [5, 5.41) is 11.6. The van der Waals surface area contributed by atoms with Crippen LogP contribution in [0.5, 0.6) is 0 Å². The number of aromatic carboxylic acids is 1. The van der Waals surface area contributed by atoms with Crippen molar-refractivity contribution in [2.75, 3.05) is 0 Å². The first-order valence-electron chi connectivity index (χ1n) is 5.94. The van der Waals surface area contributed by atoms with E-state index >= 15 is 0 Å². The Morgan fingerprint density at radius 2 is 1.95 bits per heavy atom. The fraction of sp³-hybridized carbons (Fsp3) is 0.286. The molecule has 0 bridgehead atoms. The maximum absolute atomic E-state index is 12.1. The molecule has 6 heteroatoms. The molecule has 0 amide bonds. The Kier molecular flexibility index (Phi) is 3.60. The highest BCUT2D eigenvalue weighted by atomic mass is 79.9. The van der Waals surface area contributed by atoms with Gasteiger partial charge in [0.25, 0.3) is 0 Å². The van der Waals surface area contributed by atoms with Gasteiger partial charge in [-0.1, -0.05) is 22.0 Å². The summed E-state index contributed by atoms with van der Waals surface area (Å²) in [4.78, 5) is 23.3. The Labute approximate surface area is 124 Å². The molecule has 0 unspecified atom stereocenters. The fourth-order valence-electron chi connectivity index (χ4n) is 1.82. The van der Waals surface area contributed by atoms with E-state index in [-0.39, 0.29) is 5.56 Å². The molecule has 0 saturated heterocycles. The zero-order valence-electron chi connectivity index (χ0n) is 11.3. The van der Waals surface area contributed by atoms with E-state index in [1.807, 2.05) is 0 Å². The predicted octanol–water partition coefficient (Wildman–Crippen LogP) is 2.55. The van der Waals surface area contributed by atoms with E-state index in [4.69, 9.17) is 4.74 Å². The van der Waals surface area contributed by atoms with E-state index in [1.54, 1.807) is 39.0 Å². The molecule has 0 spiro atoms. The number of carboxylic acid groups (broad SMARTS) is 1. The van der Waals surface area contributed by atoms with Crippen LogP contribution in [0, 0.1) is 0 Å². The summed E-state index contributed by atoms with van der Waals surface area (Å²) in [5.74, 6) is -1.33. The second kappa shape index (κ2) is 4.94. The Hall–Kier alpha value is -1.82. The van der Waals surface area contributed by atoms with Crippen LogP contribution >= 0.6 is 15.9 Å². The topological polar surface area (TPSA) is 71.4 Å². The molecule has 0 radical (unpaired) electrons. The van der Waals surface area contributed by atoms with Crippen molar-refractivity contribution >= 4 is 38.9 Å². The molecule has 0 aliphatic heterocycles. The number of hydrogen-bond acceptors (Lipinski definition) is 4. The molecule has 0 saturated carbocycles. The van der Waals surface area contributed by atoms with Crippen LogP contribution in [0.2, 0.25) is 0 Å². The smallest absolute Gasteiger partial charge is 0.419 e. The minimum absolute atomic E-state index is 0.0432. The van der Waals surface area contributed by atoms with Crippen molar-refractivity contribution in [3.63, 3.8) is 0 Å². The average Bonchev–Trinajstić information content (AvgIpc) is 2.65. The van der Waals surface area contributed by atoms with Crippen molar-refractivity contribution in [2.24, 2.45) is 0 Å². The lowest BCUT2D eigenvalue weighted by atomic mass is 10.2. The van der Waals surface area contributed by atoms with E-state index in [2.05, 4.69) is 15.9 Å². The minimum Gasteiger partial charge on any atom is -0.545 e. The van der Waals surface area contributed by atoms with Crippen LogP contribution in [-0.2, 0) is 4.74 Å². The Morgan fingerprint density at radius 1 is 1.30 bits per heavy atom. The van der Waals surface area contributed by atoms with Crippen LogP contribution < -0.4 is 5.11 Å². The van der Waals surface area contributed by atoms with Gasteiger partial charge in [-0.3, -0.25) is 4.57 Å². The van der Waals surface area contributed by atoms with Crippen LogP contribution in [0.3, 0.4) is 0 Å². The average molecular weight is 339 g/mol. The Bertz CT molecular complexity index is 697. The van der Waals surface area contributed by atoms with E-state index in [0.717, 1.165) is 4.47 Å². The van der Waals surface area contributed by atoms with Gasteiger partial charge in [0, 0.05) is 21.6 Å². The number of ether oxygens (including phenoxy) is 1. The normalized spacial score (nSPS) is 11.6. The fourth-order valence-corrected chi connectivity index (χ4v) is 2.17. The maximum atomic E-state index is 12.1. The van der Waals surface area contributed by atoms with Crippen molar-refractivity contribution in [3.8, 4) is 0 Å². The molecule has 0 aliphatic rings. The van der Waals surface area contributed by atoms with Gasteiger partial charge in [-0.2, -0.15) is 0 Å². The van der Waals surface area contributed by atoms with Gasteiger partial charge in [0.05, 0.1) is 11.5 Å². The number of halogens is 1. The maximum Gasteiger partial charge on any atom is 0.419 e. The summed E-state index contributed by atoms with van der Waals surface area (Å²) in [7, 11) is 0. The highest BCUT2D eigenvalue weighted by molar-refractivity contribution is 9.10. The first-order chi connectivity index (χ1) is 9.19. The highest BCUT2D eigenvalue weighted by Crippen LogP contribution is 2.25. The summed E-state index contributed by atoms with van der Waals surface area (Å²) >= 11 is 3.29. The Morgan fingerprint density at radius 3 is 2.50 bits per heavy atom. The van der Waals surface area contributed by atoms with Gasteiger partial charge in [-0.05, 0) is 32.9 Å². The number of aromatic nitrogens is 1. The summed E-state index contributed by atoms with van der Waals surface area (Å²) in [6.45, 7) is 5.23. The lowest BCUT2D eigenvalue weighted by Crippen LogP contribution is -2.27. The van der Waals surface area contributed by atoms with Crippen LogP contribution in [0.1, 0.15) is 31.1 Å². The first-order valence-corrected chi connectivity index (χ1v) is 6.73. The van der Waals surface area contributed by atoms with Gasteiger partial charge in [-0.15, -0.1) is 0 Å². The van der Waals surface area contributed by atoms with Crippen LogP contribution in [0.25, 0.3) is 10.9 Å². The minimum atomic E-state index is -1.33. The van der Waals surface area contributed by atoms with Crippen molar-refractivity contribution < 1.29 is 19.4 Å². The number of hydrogen-bond donors (Lipinski definition) is 0. The number of fused-ring (bicyclic) bond motifs is 1. The highest BCUT2D eigenvalue weighted by Gasteiger charge is 2.21. The van der Waals surface area contributed by atoms with Crippen LogP contribution in [-0.4, -0.2) is 22.2 Å². The SMILES string of the molecule is CC(C)(C)OC(=O)n1cc(C(=O)[O-])c2ccc(Br)cc21. The van der Waals surface area contributed by atoms with E-state index < -0.39 is 17.7 Å². The predicted molar refractivity (Wildman–Crippen MR) is 75.6 cm³/mol. The van der Waals surface area contributed by atoms with E-state index in [1.165, 1.54) is 10.8 Å². The lowest BCUT2D eigenvalue weighted by molar-refractivity contribution is -0.254. The van der Waals surface area contributed by atoms with Gasteiger partial charge in [0.1, 0.15) is 5.60 Å². The largest absolute Gasteiger partial charge is 0.545 e. The molecule has 1 aromatic heterocycles. The third kappa shape index (κ3) is 2.85. The molecule has 0 N–H and O–H groups in total. The number of benzene rings is 1. The number of nitrogens with zero attached hydrogens (tertiary/aromatic N) is 1. The molecule has 0 fully saturated rings. The number of carbonyl (C=O) groups is 2. The van der Waals surface area contributed by atoms with Crippen molar-refractivity contribution in [2.45, 2.75) is 26.4 Å². The van der Waals surface area contributed by atoms with Crippen molar-refractivity contribution in [1.29, 1.82) is 0 Å². The van der Waals surface area contributed by atoms with Gasteiger partial charge in [-0.25, -0.2) is 4.79 Å². The third-order valence-corrected chi connectivity index (χ3v) is 3.07. The summed E-state index contributed by atoms with van der Waals surface area (Å²) in [6.07, 6.45) is 0.591. The van der Waals surface area contributed by atoms with E-state index in [9.17, 15) is 14.7 Å². The molecule has 5 nitrogen and oxygen atoms in total. The van der Waals surface area contributed by atoms with Gasteiger partial charge in [0.15, 0.2) is 0 Å². The van der Waals surface area contributed by atoms with E-state index in [0.29, 0.717) is 10.9 Å². The lowest BCUT2D eigenvalue weighted by Gasteiger charge is -2.19. The van der Waals surface area contributed by atoms with Gasteiger partial charge < -0.3 is 14.6 Å². The molecule has 1 heterocycles. The quantitative estimate of drug-likeness (QED) is 0.801. The van der Waals surface area contributed by atoms with Gasteiger partial charge in [0.2, 0.25) is 0 Å². The number of rotatable bonds is 1. The molecule has 1 aromatic carbocycles. The molecule has 2 aromatic rings. The molecular formula is C14H13BrNO4-. The second-order valence-corrected chi connectivity index (χ2v) is 6.26. The van der Waals surface area contributed by atoms with Crippen molar-refractivity contribution in [1.82, 2.24) is 4.57 Å². The molecule has 2 rings (SSSR count). The van der Waals surface area contributed by atoms with Crippen molar-refractivity contribution in [3.05, 3.63) is 34.4 Å². The standard InChI is InChI=1S/C14H14BrNO4/c1-14(2,3)20-13(19)16-7-10(12(17)18)9-5-4-8(15)6-11(9)16/h4-7H,1-3H3,(H,17,18)/p-1. The molecule has 106 valence electrons. The molecule has 0 atom stereocenters. The second-order valence-electron chi connectivity index (χ2n) is 5.34. The monoisotopic (exact) mass is 338 g/mol. The van der Waals surface area contributed by atoms with Gasteiger partial charge >= 0.3 is 6.09 Å². The molecule has 0 aliphatic carbocycles. The molecular weight excluding hydrogens is 326 g/mol. The summed E-state index contributed by atoms with van der Waals surface area (Å²) in [5.41, 5.74) is -0.257. The number of carbonyl (C=O) groups excluding carboxylic acids is 2. The summed E-state index contributed by atoms with van der Waals surface area (Å²) in [6, 6.07) is 4.98. The number of carboxylic acids is 1. The molecule has 20 heavy (non-hydrogen) atoms. The third-order valence-electron chi connectivity index (χ3n) is 2.58. The Balaban J connectivity index is 2.61. The zero-order valence-corrected chi connectivity index (χ0v) is 12.9. The summed E-state index contributed by atoms with van der Waals surface area (Å²) < 4.78 is 7.17.